The fraction of sp³-hybridized carbons (Fsp3) is 0.300. The first-order chi connectivity index (χ1) is 13.1. The number of carbonyl (C=O) groups is 1. The highest BCUT2D eigenvalue weighted by molar-refractivity contribution is 7.16. The number of rotatable bonds is 4. The van der Waals surface area contributed by atoms with Crippen LogP contribution in [0, 0.1) is 0 Å². The molecule has 2 heterocycles. The normalized spacial score (nSPS) is 14.7. The van der Waals surface area contributed by atoms with Gasteiger partial charge < -0.3 is 9.80 Å². The van der Waals surface area contributed by atoms with Crippen LogP contribution < -0.4 is 9.77 Å². The Hall–Kier alpha value is -2.31. The van der Waals surface area contributed by atoms with Gasteiger partial charge in [-0.15, -0.1) is 0 Å². The SMILES string of the molecule is O=C(CCn1c(=O)sc2ccc(Cl)cc21)N1CCN(c2ccccc2)CC1. The Morgan fingerprint density at radius 2 is 1.78 bits per heavy atom. The van der Waals surface area contributed by atoms with Gasteiger partial charge in [0.2, 0.25) is 5.91 Å². The summed E-state index contributed by atoms with van der Waals surface area (Å²) in [5.41, 5.74) is 2.00. The predicted molar refractivity (Wildman–Crippen MR) is 111 cm³/mol. The number of benzene rings is 2. The Morgan fingerprint density at radius 1 is 1.04 bits per heavy atom. The van der Waals surface area contributed by atoms with Crippen LogP contribution in [-0.4, -0.2) is 41.6 Å². The maximum Gasteiger partial charge on any atom is 0.308 e. The number of halogens is 1. The molecule has 4 rings (SSSR count). The van der Waals surface area contributed by atoms with Crippen molar-refractivity contribution in [2.75, 3.05) is 31.1 Å². The second-order valence-corrected chi connectivity index (χ2v) is 8.01. The number of piperazine rings is 1. The standard InChI is InChI=1S/C20H20ClN3O2S/c21-15-6-7-18-17(14-15)24(20(26)27-18)9-8-19(25)23-12-10-22(11-13-23)16-4-2-1-3-5-16/h1-7,14H,8-13H2. The summed E-state index contributed by atoms with van der Waals surface area (Å²) in [4.78, 5) is 29.0. The van der Waals surface area contributed by atoms with E-state index in [1.807, 2.05) is 29.2 Å². The van der Waals surface area contributed by atoms with E-state index in [-0.39, 0.29) is 10.8 Å². The molecule has 3 aromatic rings. The molecule has 2 aromatic carbocycles. The minimum atomic E-state index is -0.0473. The number of carbonyl (C=O) groups excluding carboxylic acids is 1. The molecule has 140 valence electrons. The summed E-state index contributed by atoms with van der Waals surface area (Å²) in [5.74, 6) is 0.0935. The summed E-state index contributed by atoms with van der Waals surface area (Å²) >= 11 is 7.25. The van der Waals surface area contributed by atoms with Crippen LogP contribution in [0.5, 0.6) is 0 Å². The number of nitrogens with zero attached hydrogens (tertiary/aromatic N) is 3. The van der Waals surface area contributed by atoms with Crippen LogP contribution in [0.25, 0.3) is 10.2 Å². The molecule has 0 saturated carbocycles. The van der Waals surface area contributed by atoms with Gasteiger partial charge in [-0.25, -0.2) is 0 Å². The maximum atomic E-state index is 12.6. The van der Waals surface area contributed by atoms with E-state index in [9.17, 15) is 9.59 Å². The van der Waals surface area contributed by atoms with Crippen molar-refractivity contribution in [1.29, 1.82) is 0 Å². The number of aryl methyl sites for hydroxylation is 1. The van der Waals surface area contributed by atoms with Gasteiger partial charge in [0.05, 0.1) is 10.2 Å². The maximum absolute atomic E-state index is 12.6. The highest BCUT2D eigenvalue weighted by atomic mass is 35.5. The summed E-state index contributed by atoms with van der Waals surface area (Å²) in [6.07, 6.45) is 0.323. The lowest BCUT2D eigenvalue weighted by atomic mass is 10.2. The van der Waals surface area contributed by atoms with Gasteiger partial charge in [-0.2, -0.15) is 0 Å². The molecule has 1 fully saturated rings. The third-order valence-electron chi connectivity index (χ3n) is 4.93. The number of para-hydroxylation sites is 1. The van der Waals surface area contributed by atoms with Crippen molar-refractivity contribution in [2.45, 2.75) is 13.0 Å². The van der Waals surface area contributed by atoms with Crippen LogP contribution >= 0.6 is 22.9 Å². The van der Waals surface area contributed by atoms with Crippen molar-refractivity contribution in [3.05, 3.63) is 63.2 Å². The molecule has 1 amide bonds. The van der Waals surface area contributed by atoms with E-state index in [2.05, 4.69) is 17.0 Å². The zero-order valence-corrected chi connectivity index (χ0v) is 16.4. The summed E-state index contributed by atoms with van der Waals surface area (Å²) in [6.45, 7) is 3.45. The van der Waals surface area contributed by atoms with Crippen molar-refractivity contribution < 1.29 is 4.79 Å². The fourth-order valence-electron chi connectivity index (χ4n) is 3.47. The summed E-state index contributed by atoms with van der Waals surface area (Å²) in [5, 5.41) is 0.595. The third kappa shape index (κ3) is 3.87. The summed E-state index contributed by atoms with van der Waals surface area (Å²) in [7, 11) is 0. The van der Waals surface area contributed by atoms with Gasteiger partial charge in [-0.05, 0) is 30.3 Å². The lowest BCUT2D eigenvalue weighted by Gasteiger charge is -2.36. The Labute approximate surface area is 166 Å². The largest absolute Gasteiger partial charge is 0.368 e. The number of hydrogen-bond donors (Lipinski definition) is 0. The lowest BCUT2D eigenvalue weighted by molar-refractivity contribution is -0.131. The summed E-state index contributed by atoms with van der Waals surface area (Å²) < 4.78 is 2.55. The number of aromatic nitrogens is 1. The molecule has 0 spiro atoms. The van der Waals surface area contributed by atoms with Gasteiger partial charge >= 0.3 is 4.87 Å². The first-order valence-corrected chi connectivity index (χ1v) is 10.2. The Kier molecular flexibility index (Phi) is 5.18. The van der Waals surface area contributed by atoms with Gasteiger partial charge in [0.25, 0.3) is 0 Å². The molecule has 0 atom stereocenters. The number of anilines is 1. The molecule has 0 N–H and O–H groups in total. The minimum Gasteiger partial charge on any atom is -0.368 e. The van der Waals surface area contributed by atoms with E-state index < -0.39 is 0 Å². The molecule has 1 aromatic heterocycles. The molecule has 0 aliphatic carbocycles. The fourth-order valence-corrected chi connectivity index (χ4v) is 4.53. The highest BCUT2D eigenvalue weighted by Crippen LogP contribution is 2.22. The smallest absolute Gasteiger partial charge is 0.308 e. The molecule has 5 nitrogen and oxygen atoms in total. The molecule has 1 aliphatic rings. The zero-order chi connectivity index (χ0) is 18.8. The minimum absolute atomic E-state index is 0.0473. The highest BCUT2D eigenvalue weighted by Gasteiger charge is 2.21. The van der Waals surface area contributed by atoms with Gasteiger partial charge in [0, 0.05) is 49.9 Å². The second-order valence-electron chi connectivity index (χ2n) is 6.59. The van der Waals surface area contributed by atoms with Crippen molar-refractivity contribution >= 4 is 44.7 Å². The third-order valence-corrected chi connectivity index (χ3v) is 6.13. The van der Waals surface area contributed by atoms with E-state index in [4.69, 9.17) is 11.6 Å². The van der Waals surface area contributed by atoms with E-state index in [0.29, 0.717) is 31.1 Å². The van der Waals surface area contributed by atoms with Crippen LogP contribution in [0.4, 0.5) is 5.69 Å². The second kappa shape index (κ2) is 7.74. The van der Waals surface area contributed by atoms with Crippen molar-refractivity contribution in [3.8, 4) is 0 Å². The van der Waals surface area contributed by atoms with Gasteiger partial charge in [-0.3, -0.25) is 14.2 Å². The van der Waals surface area contributed by atoms with Crippen molar-refractivity contribution in [2.24, 2.45) is 0 Å². The molecule has 0 radical (unpaired) electrons. The molecule has 0 bridgehead atoms. The van der Waals surface area contributed by atoms with Crippen molar-refractivity contribution in [1.82, 2.24) is 9.47 Å². The number of thiazole rings is 1. The van der Waals surface area contributed by atoms with Crippen LogP contribution in [-0.2, 0) is 11.3 Å². The van der Waals surface area contributed by atoms with Crippen LogP contribution in [0.1, 0.15) is 6.42 Å². The molecule has 0 unspecified atom stereocenters. The van der Waals surface area contributed by atoms with E-state index in [1.165, 1.54) is 17.0 Å². The Bertz CT molecular complexity index is 1010. The Morgan fingerprint density at radius 3 is 2.52 bits per heavy atom. The van der Waals surface area contributed by atoms with Gasteiger partial charge in [0.1, 0.15) is 0 Å². The molecule has 1 aliphatic heterocycles. The predicted octanol–water partition coefficient (Wildman–Crippen LogP) is 3.46. The average Bonchev–Trinajstić information content (AvgIpc) is 3.01. The molecule has 7 heteroatoms. The quantitative estimate of drug-likeness (QED) is 0.672. The molecule has 1 saturated heterocycles. The molecular formula is C20H20ClN3O2S. The van der Waals surface area contributed by atoms with Gasteiger partial charge in [0.15, 0.2) is 0 Å². The van der Waals surface area contributed by atoms with Crippen LogP contribution in [0.15, 0.2) is 53.3 Å². The van der Waals surface area contributed by atoms with E-state index in [1.54, 1.807) is 16.7 Å². The Balaban J connectivity index is 1.38. The number of fused-ring (bicyclic) bond motifs is 1. The monoisotopic (exact) mass is 401 g/mol. The molecule has 27 heavy (non-hydrogen) atoms. The van der Waals surface area contributed by atoms with Crippen LogP contribution in [0.2, 0.25) is 5.02 Å². The van der Waals surface area contributed by atoms with Crippen LogP contribution in [0.3, 0.4) is 0 Å². The average molecular weight is 402 g/mol. The number of amides is 1. The van der Waals surface area contributed by atoms with Gasteiger partial charge in [-0.1, -0.05) is 41.1 Å². The molecular weight excluding hydrogens is 382 g/mol. The lowest BCUT2D eigenvalue weighted by Crippen LogP contribution is -2.49. The summed E-state index contributed by atoms with van der Waals surface area (Å²) in [6, 6.07) is 15.7. The van der Waals surface area contributed by atoms with E-state index >= 15 is 0 Å². The zero-order valence-electron chi connectivity index (χ0n) is 14.8. The first-order valence-electron chi connectivity index (χ1n) is 8.98. The van der Waals surface area contributed by atoms with E-state index in [0.717, 1.165) is 23.3 Å². The topological polar surface area (TPSA) is 45.6 Å². The van der Waals surface area contributed by atoms with Crippen molar-refractivity contribution in [3.63, 3.8) is 0 Å². The number of hydrogen-bond acceptors (Lipinski definition) is 4. The first kappa shape index (κ1) is 18.1.